The van der Waals surface area contributed by atoms with Crippen LogP contribution in [0, 0.1) is 5.92 Å². The van der Waals surface area contributed by atoms with Gasteiger partial charge in [-0.15, -0.1) is 0 Å². The van der Waals surface area contributed by atoms with Crippen molar-refractivity contribution in [2.24, 2.45) is 5.92 Å². The number of fused-ring (bicyclic) bond motifs is 5. The summed E-state index contributed by atoms with van der Waals surface area (Å²) in [6.07, 6.45) is 4.59. The number of nitrogens with one attached hydrogen (secondary N) is 3. The van der Waals surface area contributed by atoms with Crippen LogP contribution in [0.2, 0.25) is 0 Å². The molecule has 1 spiro atoms. The van der Waals surface area contributed by atoms with Crippen LogP contribution in [0.5, 0.6) is 0 Å². The predicted molar refractivity (Wildman–Crippen MR) is 111 cm³/mol. The van der Waals surface area contributed by atoms with Crippen LogP contribution >= 0.6 is 0 Å². The van der Waals surface area contributed by atoms with E-state index >= 15 is 0 Å². The van der Waals surface area contributed by atoms with Crippen molar-refractivity contribution >= 4 is 27.6 Å². The van der Waals surface area contributed by atoms with E-state index < -0.39 is 15.6 Å². The van der Waals surface area contributed by atoms with Gasteiger partial charge in [-0.05, 0) is 62.3 Å². The molecule has 1 aromatic rings. The second-order valence-electron chi connectivity index (χ2n) is 9.47. The van der Waals surface area contributed by atoms with Gasteiger partial charge in [-0.1, -0.05) is 0 Å². The summed E-state index contributed by atoms with van der Waals surface area (Å²) in [6.45, 7) is 0.639. The maximum absolute atomic E-state index is 13.6. The molecule has 1 aromatic carbocycles. The zero-order valence-corrected chi connectivity index (χ0v) is 17.9. The monoisotopic (exact) mass is 446 g/mol. The molecule has 5 heterocycles. The van der Waals surface area contributed by atoms with E-state index in [2.05, 4.69) is 16.0 Å². The number of sulfonamides is 1. The number of benzene rings is 1. The lowest BCUT2D eigenvalue weighted by molar-refractivity contribution is -0.115. The van der Waals surface area contributed by atoms with Crippen LogP contribution in [-0.2, 0) is 26.0 Å². The van der Waals surface area contributed by atoms with E-state index in [1.807, 2.05) is 0 Å². The summed E-state index contributed by atoms with van der Waals surface area (Å²) in [5, 5.41) is 8.83. The molecule has 2 bridgehead atoms. The minimum absolute atomic E-state index is 0.115. The zero-order valence-electron chi connectivity index (χ0n) is 17.1. The van der Waals surface area contributed by atoms with Crippen molar-refractivity contribution in [2.45, 2.75) is 73.7 Å². The Hall–Kier alpha value is -2.17. The number of anilines is 1. The largest absolute Gasteiger partial charge is 0.358 e. The second-order valence-corrected chi connectivity index (χ2v) is 11.3. The van der Waals surface area contributed by atoms with Crippen LogP contribution in [-0.4, -0.2) is 55.1 Å². The Bertz CT molecular complexity index is 1060. The molecule has 166 valence electrons. The third-order valence-corrected chi connectivity index (χ3v) is 9.70. The normalized spacial score (nSPS) is 37.0. The number of hydrogen-bond acceptors (Lipinski definition) is 5. The van der Waals surface area contributed by atoms with Gasteiger partial charge in [0, 0.05) is 30.3 Å². The van der Waals surface area contributed by atoms with Crippen LogP contribution < -0.4 is 16.0 Å². The highest BCUT2D eigenvalue weighted by atomic mass is 32.2. The van der Waals surface area contributed by atoms with Gasteiger partial charge >= 0.3 is 6.03 Å². The Labute approximate surface area is 180 Å². The standard InChI is InChI=1S/C21H26N4O5S/c26-18-9-12-8-15(5-6-17(12)22-18)31(28,29)25-13-3-4-14(25)11-21(10-13)16-2-1-7-30-19(16)23-20(27)24-21/h5-6,8,13-14,16,19H,1-4,7,9-11H2,(H,22,26)(H2,23,24,27)/t13-,14-,16+,19-/m0/s1. The quantitative estimate of drug-likeness (QED) is 0.633. The summed E-state index contributed by atoms with van der Waals surface area (Å²) in [5.41, 5.74) is 0.976. The minimum atomic E-state index is -3.70. The number of hydrogen-bond donors (Lipinski definition) is 3. The molecule has 10 heteroatoms. The number of piperidine rings is 1. The zero-order chi connectivity index (χ0) is 21.4. The molecule has 6 rings (SSSR count). The molecule has 9 nitrogen and oxygen atoms in total. The molecular weight excluding hydrogens is 420 g/mol. The Morgan fingerprint density at radius 2 is 1.87 bits per heavy atom. The van der Waals surface area contributed by atoms with E-state index in [4.69, 9.17) is 4.74 Å². The van der Waals surface area contributed by atoms with Gasteiger partial charge in [0.15, 0.2) is 0 Å². The number of carbonyl (C=O) groups excluding carboxylic acids is 2. The molecular formula is C21H26N4O5S. The fourth-order valence-corrected chi connectivity index (χ4v) is 8.42. The lowest BCUT2D eigenvalue weighted by atomic mass is 9.69. The average molecular weight is 447 g/mol. The molecule has 4 atom stereocenters. The third-order valence-electron chi connectivity index (χ3n) is 7.70. The fraction of sp³-hybridized carbons (Fsp3) is 0.619. The molecule has 3 N–H and O–H groups in total. The van der Waals surface area contributed by atoms with Crippen molar-refractivity contribution in [3.05, 3.63) is 23.8 Å². The Morgan fingerprint density at radius 1 is 1.10 bits per heavy atom. The first-order valence-corrected chi connectivity index (χ1v) is 12.5. The summed E-state index contributed by atoms with van der Waals surface area (Å²) >= 11 is 0. The van der Waals surface area contributed by atoms with Gasteiger partial charge < -0.3 is 20.7 Å². The van der Waals surface area contributed by atoms with Crippen LogP contribution in [0.1, 0.15) is 44.1 Å². The van der Waals surface area contributed by atoms with E-state index in [0.717, 1.165) is 31.2 Å². The van der Waals surface area contributed by atoms with Gasteiger partial charge in [0.2, 0.25) is 15.9 Å². The van der Waals surface area contributed by atoms with Crippen LogP contribution in [0.15, 0.2) is 23.1 Å². The van der Waals surface area contributed by atoms with Gasteiger partial charge in [0.1, 0.15) is 6.23 Å². The highest BCUT2D eigenvalue weighted by Crippen LogP contribution is 2.49. The summed E-state index contributed by atoms with van der Waals surface area (Å²) in [6, 6.07) is 4.35. The van der Waals surface area contributed by atoms with Crippen LogP contribution in [0.25, 0.3) is 0 Å². The Kier molecular flexibility index (Phi) is 4.19. The maximum Gasteiger partial charge on any atom is 0.317 e. The van der Waals surface area contributed by atoms with Crippen molar-refractivity contribution in [3.8, 4) is 0 Å². The van der Waals surface area contributed by atoms with E-state index in [0.29, 0.717) is 25.1 Å². The van der Waals surface area contributed by atoms with E-state index in [9.17, 15) is 18.0 Å². The lowest BCUT2D eigenvalue weighted by Gasteiger charge is -2.55. The molecule has 0 aliphatic carbocycles. The fourth-order valence-electron chi connectivity index (χ4n) is 6.50. The van der Waals surface area contributed by atoms with Crippen LogP contribution in [0.3, 0.4) is 0 Å². The number of rotatable bonds is 2. The number of nitrogens with zero attached hydrogens (tertiary/aromatic N) is 1. The molecule has 4 fully saturated rings. The molecule has 5 aliphatic heterocycles. The summed E-state index contributed by atoms with van der Waals surface area (Å²) in [7, 11) is -3.70. The summed E-state index contributed by atoms with van der Waals surface area (Å²) in [4.78, 5) is 24.3. The number of amides is 3. The number of urea groups is 1. The number of carbonyl (C=O) groups is 2. The highest BCUT2D eigenvalue weighted by molar-refractivity contribution is 7.89. The lowest BCUT2D eigenvalue weighted by Crippen LogP contribution is -2.73. The van der Waals surface area contributed by atoms with Gasteiger partial charge in [0.05, 0.1) is 16.9 Å². The number of ether oxygens (including phenoxy) is 1. The molecule has 0 unspecified atom stereocenters. The van der Waals surface area contributed by atoms with Crippen molar-refractivity contribution in [3.63, 3.8) is 0 Å². The predicted octanol–water partition coefficient (Wildman–Crippen LogP) is 1.30. The average Bonchev–Trinajstić information content (AvgIpc) is 3.24. The second kappa shape index (κ2) is 6.66. The van der Waals surface area contributed by atoms with E-state index in [-0.39, 0.29) is 47.5 Å². The Morgan fingerprint density at radius 3 is 2.65 bits per heavy atom. The molecule has 0 saturated carbocycles. The SMILES string of the molecule is O=C1Cc2cc(S(=O)(=O)N3[C@H]4CC[C@H]3CC3(C4)NC(=O)N[C@H]4OCCC[C@H]43)ccc2N1. The van der Waals surface area contributed by atoms with Crippen molar-refractivity contribution in [1.82, 2.24) is 14.9 Å². The molecule has 5 aliphatic rings. The molecule has 3 amide bonds. The molecule has 0 aromatic heterocycles. The van der Waals surface area contributed by atoms with E-state index in [1.54, 1.807) is 22.5 Å². The summed E-state index contributed by atoms with van der Waals surface area (Å²) < 4.78 is 34.8. The first kappa shape index (κ1) is 19.5. The van der Waals surface area contributed by atoms with Gasteiger partial charge in [0.25, 0.3) is 0 Å². The molecule has 4 saturated heterocycles. The van der Waals surface area contributed by atoms with Crippen molar-refractivity contribution in [1.29, 1.82) is 0 Å². The minimum Gasteiger partial charge on any atom is -0.358 e. The first-order valence-electron chi connectivity index (χ1n) is 11.0. The molecule has 31 heavy (non-hydrogen) atoms. The van der Waals surface area contributed by atoms with Crippen molar-refractivity contribution in [2.75, 3.05) is 11.9 Å². The van der Waals surface area contributed by atoms with E-state index in [1.165, 1.54) is 0 Å². The van der Waals surface area contributed by atoms with Crippen molar-refractivity contribution < 1.29 is 22.7 Å². The summed E-state index contributed by atoms with van der Waals surface area (Å²) in [5.74, 6) is 0.0272. The molecule has 0 radical (unpaired) electrons. The third kappa shape index (κ3) is 2.91. The van der Waals surface area contributed by atoms with Gasteiger partial charge in [-0.2, -0.15) is 4.31 Å². The van der Waals surface area contributed by atoms with Crippen LogP contribution in [0.4, 0.5) is 10.5 Å². The maximum atomic E-state index is 13.6. The van der Waals surface area contributed by atoms with Gasteiger partial charge in [-0.25, -0.2) is 13.2 Å². The highest BCUT2D eigenvalue weighted by Gasteiger charge is 2.59. The Balaban J connectivity index is 1.31. The first-order chi connectivity index (χ1) is 14.9. The topological polar surface area (TPSA) is 117 Å². The smallest absolute Gasteiger partial charge is 0.317 e. The van der Waals surface area contributed by atoms with Gasteiger partial charge in [-0.3, -0.25) is 4.79 Å².